The molecule has 0 amide bonds. The van der Waals surface area contributed by atoms with Crippen LogP contribution in [-0.4, -0.2) is 10.2 Å². The zero-order chi connectivity index (χ0) is 27.2. The molecule has 0 saturated carbocycles. The van der Waals surface area contributed by atoms with Crippen molar-refractivity contribution in [1.82, 2.24) is 0 Å². The molecule has 0 saturated heterocycles. The van der Waals surface area contributed by atoms with Crippen molar-refractivity contribution in [2.75, 3.05) is 0 Å². The maximum absolute atomic E-state index is 9.72. The van der Waals surface area contributed by atoms with Crippen molar-refractivity contribution < 1.29 is 10.2 Å². The van der Waals surface area contributed by atoms with E-state index in [1.165, 1.54) is 5.56 Å². The molecule has 5 rings (SSSR count). The average Bonchev–Trinajstić information content (AvgIpc) is 2.96. The van der Waals surface area contributed by atoms with Crippen molar-refractivity contribution in [1.29, 1.82) is 0 Å². The predicted molar refractivity (Wildman–Crippen MR) is 154 cm³/mol. The van der Waals surface area contributed by atoms with E-state index in [2.05, 4.69) is 56.9 Å². The number of benzene rings is 5. The van der Waals surface area contributed by atoms with Gasteiger partial charge in [0.05, 0.1) is 22.7 Å². The fourth-order valence-electron chi connectivity index (χ4n) is 4.32. The van der Waals surface area contributed by atoms with E-state index in [9.17, 15) is 10.2 Å². The van der Waals surface area contributed by atoms with Crippen LogP contribution in [0.4, 0.5) is 22.7 Å². The predicted octanol–water partition coefficient (Wildman–Crippen LogP) is 9.73. The van der Waals surface area contributed by atoms with Crippen molar-refractivity contribution in [3.8, 4) is 11.5 Å². The lowest BCUT2D eigenvalue weighted by atomic mass is 9.85. The second-order valence-electron chi connectivity index (χ2n) is 9.37. The van der Waals surface area contributed by atoms with Gasteiger partial charge in [-0.2, -0.15) is 20.5 Å². The molecule has 6 heteroatoms. The Morgan fingerprint density at radius 2 is 0.795 bits per heavy atom. The number of rotatable bonds is 7. The first kappa shape index (κ1) is 25.5. The Morgan fingerprint density at radius 3 is 1.21 bits per heavy atom. The summed E-state index contributed by atoms with van der Waals surface area (Å²) in [7, 11) is 0. The van der Waals surface area contributed by atoms with Gasteiger partial charge < -0.3 is 10.2 Å². The molecule has 2 N–H and O–H groups in total. The highest BCUT2D eigenvalue weighted by Gasteiger charge is 2.16. The largest absolute Gasteiger partial charge is 0.508 e. The Kier molecular flexibility index (Phi) is 7.55. The fraction of sp³-hybridized carbons (Fsp3) is 0.0909. The van der Waals surface area contributed by atoms with E-state index in [4.69, 9.17) is 0 Å². The third kappa shape index (κ3) is 6.25. The van der Waals surface area contributed by atoms with Gasteiger partial charge in [0.25, 0.3) is 0 Å². The lowest BCUT2D eigenvalue weighted by Crippen LogP contribution is -2.02. The van der Waals surface area contributed by atoms with Gasteiger partial charge in [-0.1, -0.05) is 54.6 Å². The van der Waals surface area contributed by atoms with E-state index in [-0.39, 0.29) is 17.4 Å². The molecular formula is C33H28N4O2. The van der Waals surface area contributed by atoms with Crippen molar-refractivity contribution in [3.63, 3.8) is 0 Å². The quantitative estimate of drug-likeness (QED) is 0.168. The summed E-state index contributed by atoms with van der Waals surface area (Å²) in [6.45, 7) is 3.66. The number of aromatic hydroxyl groups is 2. The van der Waals surface area contributed by atoms with Crippen molar-refractivity contribution >= 4 is 22.7 Å². The molecule has 0 fully saturated rings. The molecule has 0 atom stereocenters. The minimum absolute atomic E-state index is 0.0303. The SMILES string of the molecule is Cc1cc(/N=N/c2ccc(C(c3ccccc3)c3ccc(/N=N/c4ccc(O)c(C)c4)cc3)cc2)ccc1O. The molecule has 5 aromatic carbocycles. The Morgan fingerprint density at radius 1 is 0.436 bits per heavy atom. The van der Waals surface area contributed by atoms with Crippen LogP contribution in [0.15, 0.2) is 136 Å². The number of hydrogen-bond donors (Lipinski definition) is 2. The van der Waals surface area contributed by atoms with Gasteiger partial charge in [0, 0.05) is 5.92 Å². The van der Waals surface area contributed by atoms with E-state index < -0.39 is 0 Å². The smallest absolute Gasteiger partial charge is 0.118 e. The van der Waals surface area contributed by atoms with Crippen LogP contribution in [-0.2, 0) is 0 Å². The Balaban J connectivity index is 1.38. The number of aryl methyl sites for hydroxylation is 2. The van der Waals surface area contributed by atoms with Crippen LogP contribution in [0.2, 0.25) is 0 Å². The molecule has 0 aromatic heterocycles. The van der Waals surface area contributed by atoms with Crippen LogP contribution >= 0.6 is 0 Å². The van der Waals surface area contributed by atoms with Gasteiger partial charge >= 0.3 is 0 Å². The summed E-state index contributed by atoms with van der Waals surface area (Å²) in [6.07, 6.45) is 0. The zero-order valence-corrected chi connectivity index (χ0v) is 21.7. The van der Waals surface area contributed by atoms with Crippen LogP contribution in [0.1, 0.15) is 33.7 Å². The normalized spacial score (nSPS) is 11.6. The molecule has 0 aliphatic heterocycles. The van der Waals surface area contributed by atoms with Gasteiger partial charge in [-0.25, -0.2) is 0 Å². The molecule has 0 spiro atoms. The molecule has 192 valence electrons. The zero-order valence-electron chi connectivity index (χ0n) is 21.7. The highest BCUT2D eigenvalue weighted by atomic mass is 16.3. The summed E-state index contributed by atoms with van der Waals surface area (Å²) in [4.78, 5) is 0. The van der Waals surface area contributed by atoms with Crippen LogP contribution < -0.4 is 0 Å². The minimum Gasteiger partial charge on any atom is -0.508 e. The topological polar surface area (TPSA) is 89.9 Å². The summed E-state index contributed by atoms with van der Waals surface area (Å²) in [5.74, 6) is 0.519. The highest BCUT2D eigenvalue weighted by molar-refractivity contribution is 5.51. The maximum atomic E-state index is 9.72. The van der Waals surface area contributed by atoms with E-state index >= 15 is 0 Å². The lowest BCUT2D eigenvalue weighted by molar-refractivity contribution is 0.470. The highest BCUT2D eigenvalue weighted by Crippen LogP contribution is 2.34. The van der Waals surface area contributed by atoms with Gasteiger partial charge in [0.15, 0.2) is 0 Å². The van der Waals surface area contributed by atoms with Gasteiger partial charge in [-0.15, -0.1) is 0 Å². The summed E-state index contributed by atoms with van der Waals surface area (Å²) in [5, 5.41) is 36.8. The Bertz CT molecular complexity index is 1520. The minimum atomic E-state index is 0.0303. The number of phenolic OH excluding ortho intramolecular Hbond substituents is 2. The molecule has 5 aromatic rings. The average molecular weight is 513 g/mol. The van der Waals surface area contributed by atoms with Crippen LogP contribution in [0, 0.1) is 13.8 Å². The second kappa shape index (κ2) is 11.5. The molecule has 0 aliphatic carbocycles. The van der Waals surface area contributed by atoms with E-state index in [1.54, 1.807) is 36.4 Å². The fourth-order valence-corrected chi connectivity index (χ4v) is 4.32. The first-order valence-corrected chi connectivity index (χ1v) is 12.6. The van der Waals surface area contributed by atoms with Crippen LogP contribution in [0.3, 0.4) is 0 Å². The Labute approximate surface area is 227 Å². The summed E-state index contributed by atoms with van der Waals surface area (Å²) in [5.41, 5.74) is 7.84. The number of hydrogen-bond acceptors (Lipinski definition) is 6. The first-order valence-electron chi connectivity index (χ1n) is 12.6. The van der Waals surface area contributed by atoms with Crippen molar-refractivity contribution in [3.05, 3.63) is 143 Å². The third-order valence-corrected chi connectivity index (χ3v) is 6.51. The molecule has 6 nitrogen and oxygen atoms in total. The number of phenols is 2. The van der Waals surface area contributed by atoms with Crippen molar-refractivity contribution in [2.45, 2.75) is 19.8 Å². The first-order chi connectivity index (χ1) is 19.0. The number of nitrogens with zero attached hydrogens (tertiary/aromatic N) is 4. The van der Waals surface area contributed by atoms with Gasteiger partial charge in [-0.3, -0.25) is 0 Å². The van der Waals surface area contributed by atoms with E-state index in [0.29, 0.717) is 11.4 Å². The van der Waals surface area contributed by atoms with Gasteiger partial charge in [0.2, 0.25) is 0 Å². The molecule has 0 unspecified atom stereocenters. The van der Waals surface area contributed by atoms with Crippen molar-refractivity contribution in [2.24, 2.45) is 20.5 Å². The molecule has 39 heavy (non-hydrogen) atoms. The third-order valence-electron chi connectivity index (χ3n) is 6.51. The van der Waals surface area contributed by atoms with Crippen LogP contribution in [0.5, 0.6) is 11.5 Å². The van der Waals surface area contributed by atoms with E-state index in [0.717, 1.165) is 33.6 Å². The standard InChI is InChI=1S/C33H28N4O2/c1-22-20-29(16-18-31(22)38)36-34-27-12-8-25(9-13-27)33(24-6-4-3-5-7-24)26-10-14-28(15-11-26)35-37-30-17-19-32(39)23(2)21-30/h3-21,33,38-39H,1-2H3/b36-34+,37-35+. The molecule has 0 radical (unpaired) electrons. The monoisotopic (exact) mass is 512 g/mol. The maximum Gasteiger partial charge on any atom is 0.118 e. The Hall–Kier alpha value is -5.10. The number of azo groups is 2. The van der Waals surface area contributed by atoms with Gasteiger partial charge in [-0.05, 0) is 102 Å². The molecule has 0 bridgehead atoms. The lowest BCUT2D eigenvalue weighted by Gasteiger charge is -2.19. The van der Waals surface area contributed by atoms with Crippen LogP contribution in [0.25, 0.3) is 0 Å². The van der Waals surface area contributed by atoms with Gasteiger partial charge in [0.1, 0.15) is 11.5 Å². The summed E-state index contributed by atoms with van der Waals surface area (Å²) < 4.78 is 0. The molecule has 0 aliphatic rings. The van der Waals surface area contributed by atoms with E-state index in [1.807, 2.05) is 56.3 Å². The molecular weight excluding hydrogens is 484 g/mol. The summed E-state index contributed by atoms with van der Waals surface area (Å²) in [6, 6.07) is 36.9. The molecule has 0 heterocycles. The second-order valence-corrected chi connectivity index (χ2v) is 9.37. The summed E-state index contributed by atoms with van der Waals surface area (Å²) >= 11 is 0.